The van der Waals surface area contributed by atoms with Crippen LogP contribution in [-0.2, 0) is 6.54 Å². The summed E-state index contributed by atoms with van der Waals surface area (Å²) in [6.07, 6.45) is 4.34. The fourth-order valence-electron chi connectivity index (χ4n) is 2.34. The molecule has 1 aliphatic carbocycles. The highest BCUT2D eigenvalue weighted by Crippen LogP contribution is 2.43. The molecule has 2 N–H and O–H groups in total. The molecule has 1 aromatic heterocycles. The van der Waals surface area contributed by atoms with E-state index in [0.717, 1.165) is 17.0 Å². The van der Waals surface area contributed by atoms with E-state index in [0.29, 0.717) is 12.5 Å². The van der Waals surface area contributed by atoms with Crippen LogP contribution in [0.2, 0.25) is 0 Å². The molecule has 1 fully saturated rings. The number of rotatable bonds is 4. The van der Waals surface area contributed by atoms with Crippen molar-refractivity contribution < 1.29 is 4.74 Å². The van der Waals surface area contributed by atoms with Crippen molar-refractivity contribution in [3.8, 4) is 11.4 Å². The van der Waals surface area contributed by atoms with Gasteiger partial charge in [-0.25, -0.2) is 4.68 Å². The highest BCUT2D eigenvalue weighted by Gasteiger charge is 2.30. The number of nitrogens with zero attached hydrogens (tertiary/aromatic N) is 2. The quantitative estimate of drug-likeness (QED) is 0.895. The summed E-state index contributed by atoms with van der Waals surface area (Å²) >= 11 is 0. The van der Waals surface area contributed by atoms with Crippen LogP contribution in [0.4, 0.5) is 0 Å². The Kier molecular flexibility index (Phi) is 2.80. The van der Waals surface area contributed by atoms with Gasteiger partial charge in [-0.2, -0.15) is 5.10 Å². The van der Waals surface area contributed by atoms with Crippen LogP contribution in [-0.4, -0.2) is 16.9 Å². The molecule has 2 aromatic rings. The molecule has 0 unspecified atom stereocenters. The predicted octanol–water partition coefficient (Wildman–Crippen LogP) is 2.22. The second-order valence-electron chi connectivity index (χ2n) is 4.62. The van der Waals surface area contributed by atoms with E-state index in [1.807, 2.05) is 35.1 Å². The summed E-state index contributed by atoms with van der Waals surface area (Å²) in [5, 5.41) is 4.48. The number of para-hydroxylation sites is 2. The van der Waals surface area contributed by atoms with Gasteiger partial charge in [0.1, 0.15) is 11.4 Å². The molecule has 1 aliphatic rings. The summed E-state index contributed by atoms with van der Waals surface area (Å²) in [5.41, 5.74) is 9.18. The van der Waals surface area contributed by atoms with Crippen LogP contribution in [0.15, 0.2) is 30.5 Å². The van der Waals surface area contributed by atoms with Gasteiger partial charge in [0.2, 0.25) is 0 Å². The monoisotopic (exact) mass is 243 g/mol. The van der Waals surface area contributed by atoms with Crippen molar-refractivity contribution in [2.75, 3.05) is 7.11 Å². The molecule has 0 aliphatic heterocycles. The summed E-state index contributed by atoms with van der Waals surface area (Å²) in [6.45, 7) is 0.543. The molecule has 1 aromatic carbocycles. The van der Waals surface area contributed by atoms with E-state index in [1.54, 1.807) is 7.11 Å². The van der Waals surface area contributed by atoms with Gasteiger partial charge < -0.3 is 10.5 Å². The molecular weight excluding hydrogens is 226 g/mol. The first kappa shape index (κ1) is 11.3. The van der Waals surface area contributed by atoms with Gasteiger partial charge in [0.15, 0.2) is 0 Å². The zero-order chi connectivity index (χ0) is 12.5. The standard InChI is InChI=1S/C14H17N3O/c1-18-13-5-3-2-4-12(13)17-14(10-6-7-10)11(8-15)9-16-17/h2-5,9-10H,6-8,15H2,1H3. The van der Waals surface area contributed by atoms with E-state index in [2.05, 4.69) is 5.10 Å². The lowest BCUT2D eigenvalue weighted by molar-refractivity contribution is 0.411. The fourth-order valence-corrected chi connectivity index (χ4v) is 2.34. The average Bonchev–Trinajstić information content (AvgIpc) is 3.17. The third-order valence-electron chi connectivity index (χ3n) is 3.38. The number of hydrogen-bond donors (Lipinski definition) is 1. The van der Waals surface area contributed by atoms with Crippen molar-refractivity contribution in [1.82, 2.24) is 9.78 Å². The number of aromatic nitrogens is 2. The van der Waals surface area contributed by atoms with E-state index < -0.39 is 0 Å². The number of benzene rings is 1. The Morgan fingerprint density at radius 1 is 1.39 bits per heavy atom. The van der Waals surface area contributed by atoms with Gasteiger partial charge in [-0.1, -0.05) is 12.1 Å². The van der Waals surface area contributed by atoms with Gasteiger partial charge in [0.25, 0.3) is 0 Å². The highest BCUT2D eigenvalue weighted by atomic mass is 16.5. The van der Waals surface area contributed by atoms with E-state index in [-0.39, 0.29) is 0 Å². The average molecular weight is 243 g/mol. The first-order valence-corrected chi connectivity index (χ1v) is 6.25. The third-order valence-corrected chi connectivity index (χ3v) is 3.38. The maximum atomic E-state index is 5.79. The predicted molar refractivity (Wildman–Crippen MR) is 70.0 cm³/mol. The van der Waals surface area contributed by atoms with Crippen LogP contribution in [0.3, 0.4) is 0 Å². The zero-order valence-electron chi connectivity index (χ0n) is 10.5. The summed E-state index contributed by atoms with van der Waals surface area (Å²) in [4.78, 5) is 0. The van der Waals surface area contributed by atoms with Gasteiger partial charge >= 0.3 is 0 Å². The van der Waals surface area contributed by atoms with Crippen LogP contribution in [0.5, 0.6) is 5.75 Å². The number of ether oxygens (including phenoxy) is 1. The minimum absolute atomic E-state index is 0.543. The van der Waals surface area contributed by atoms with E-state index in [4.69, 9.17) is 10.5 Å². The van der Waals surface area contributed by atoms with Crippen LogP contribution in [0, 0.1) is 0 Å². The molecule has 0 saturated heterocycles. The molecule has 3 rings (SSSR count). The Hall–Kier alpha value is -1.81. The lowest BCUT2D eigenvalue weighted by Crippen LogP contribution is -2.06. The lowest BCUT2D eigenvalue weighted by Gasteiger charge is -2.12. The van der Waals surface area contributed by atoms with Crippen molar-refractivity contribution in [3.05, 3.63) is 41.7 Å². The Bertz CT molecular complexity index is 558. The Labute approximate surface area is 106 Å². The minimum Gasteiger partial charge on any atom is -0.494 e. The maximum Gasteiger partial charge on any atom is 0.144 e. The molecule has 4 nitrogen and oxygen atoms in total. The number of nitrogens with two attached hydrogens (primary N) is 1. The second-order valence-corrected chi connectivity index (χ2v) is 4.62. The first-order valence-electron chi connectivity index (χ1n) is 6.25. The summed E-state index contributed by atoms with van der Waals surface area (Å²) in [6, 6.07) is 7.94. The van der Waals surface area contributed by atoms with Crippen LogP contribution in [0.25, 0.3) is 5.69 Å². The second kappa shape index (κ2) is 4.46. The van der Waals surface area contributed by atoms with Crippen LogP contribution in [0.1, 0.15) is 30.0 Å². The molecule has 0 amide bonds. The molecule has 94 valence electrons. The third kappa shape index (κ3) is 1.78. The molecule has 1 heterocycles. The maximum absolute atomic E-state index is 5.79. The Morgan fingerprint density at radius 3 is 2.83 bits per heavy atom. The first-order chi connectivity index (χ1) is 8.85. The topological polar surface area (TPSA) is 53.1 Å². The minimum atomic E-state index is 0.543. The molecule has 0 spiro atoms. The van der Waals surface area contributed by atoms with E-state index >= 15 is 0 Å². The van der Waals surface area contributed by atoms with Gasteiger partial charge in [-0.3, -0.25) is 0 Å². The number of hydrogen-bond acceptors (Lipinski definition) is 3. The smallest absolute Gasteiger partial charge is 0.144 e. The van der Waals surface area contributed by atoms with Gasteiger partial charge in [-0.15, -0.1) is 0 Å². The number of methoxy groups -OCH3 is 1. The Morgan fingerprint density at radius 2 is 2.17 bits per heavy atom. The van der Waals surface area contributed by atoms with Gasteiger partial charge in [-0.05, 0) is 25.0 Å². The fraction of sp³-hybridized carbons (Fsp3) is 0.357. The Balaban J connectivity index is 2.13. The van der Waals surface area contributed by atoms with E-state index in [9.17, 15) is 0 Å². The lowest BCUT2D eigenvalue weighted by atomic mass is 10.1. The molecule has 0 atom stereocenters. The van der Waals surface area contributed by atoms with Crippen LogP contribution >= 0.6 is 0 Å². The molecule has 0 bridgehead atoms. The molecular formula is C14H17N3O. The van der Waals surface area contributed by atoms with Gasteiger partial charge in [0, 0.05) is 18.0 Å². The van der Waals surface area contributed by atoms with Crippen molar-refractivity contribution in [3.63, 3.8) is 0 Å². The zero-order valence-corrected chi connectivity index (χ0v) is 10.5. The largest absolute Gasteiger partial charge is 0.494 e. The van der Waals surface area contributed by atoms with Crippen LogP contribution < -0.4 is 10.5 Å². The highest BCUT2D eigenvalue weighted by molar-refractivity contribution is 5.48. The summed E-state index contributed by atoms with van der Waals surface area (Å²) in [5.74, 6) is 1.45. The SMILES string of the molecule is COc1ccccc1-n1ncc(CN)c1C1CC1. The summed E-state index contributed by atoms with van der Waals surface area (Å²) in [7, 11) is 1.68. The van der Waals surface area contributed by atoms with E-state index in [1.165, 1.54) is 18.5 Å². The van der Waals surface area contributed by atoms with Crippen molar-refractivity contribution in [2.45, 2.75) is 25.3 Å². The van der Waals surface area contributed by atoms with Crippen molar-refractivity contribution in [1.29, 1.82) is 0 Å². The van der Waals surface area contributed by atoms with Gasteiger partial charge in [0.05, 0.1) is 19.0 Å². The summed E-state index contributed by atoms with van der Waals surface area (Å²) < 4.78 is 7.39. The molecule has 18 heavy (non-hydrogen) atoms. The molecule has 0 radical (unpaired) electrons. The van der Waals surface area contributed by atoms with Crippen molar-refractivity contribution >= 4 is 0 Å². The van der Waals surface area contributed by atoms with Crippen molar-refractivity contribution in [2.24, 2.45) is 5.73 Å². The normalized spacial score (nSPS) is 14.8. The molecule has 4 heteroatoms. The molecule has 1 saturated carbocycles.